The minimum absolute atomic E-state index is 0.0376. The van der Waals surface area contributed by atoms with Crippen LogP contribution in [-0.4, -0.2) is 48.6 Å². The first-order chi connectivity index (χ1) is 12.8. The molecule has 1 aromatic heterocycles. The number of hydrogen-bond donors (Lipinski definition) is 2. The molecule has 0 unspecified atom stereocenters. The average Bonchev–Trinajstić information content (AvgIpc) is 2.96. The molecule has 1 aromatic carbocycles. The summed E-state index contributed by atoms with van der Waals surface area (Å²) >= 11 is 0. The predicted molar refractivity (Wildman–Crippen MR) is 98.1 cm³/mol. The van der Waals surface area contributed by atoms with E-state index in [1.165, 1.54) is 12.1 Å². The van der Waals surface area contributed by atoms with Crippen LogP contribution in [0.1, 0.15) is 29.8 Å². The monoisotopic (exact) mass is 394 g/mol. The summed E-state index contributed by atoms with van der Waals surface area (Å²) in [6.07, 6.45) is 1.30. The van der Waals surface area contributed by atoms with Crippen molar-refractivity contribution in [3.63, 3.8) is 0 Å². The van der Waals surface area contributed by atoms with Crippen molar-refractivity contribution < 1.29 is 17.6 Å². The lowest BCUT2D eigenvalue weighted by Gasteiger charge is -2.32. The Morgan fingerprint density at radius 3 is 2.44 bits per heavy atom. The van der Waals surface area contributed by atoms with Gasteiger partial charge in [0.2, 0.25) is 15.9 Å². The van der Waals surface area contributed by atoms with Crippen LogP contribution in [0.4, 0.5) is 4.39 Å². The highest BCUT2D eigenvalue weighted by Crippen LogP contribution is 2.20. The van der Waals surface area contributed by atoms with Crippen molar-refractivity contribution in [1.82, 2.24) is 19.8 Å². The van der Waals surface area contributed by atoms with Gasteiger partial charge in [-0.1, -0.05) is 12.1 Å². The van der Waals surface area contributed by atoms with Gasteiger partial charge in [0.15, 0.2) is 0 Å². The maximum Gasteiger partial charge on any atom is 0.244 e. The largest absolute Gasteiger partial charge is 0.342 e. The van der Waals surface area contributed by atoms with E-state index in [4.69, 9.17) is 0 Å². The third kappa shape index (κ3) is 4.54. The molecule has 0 aliphatic carbocycles. The molecule has 1 aliphatic rings. The normalized spacial score (nSPS) is 15.9. The molecule has 1 amide bonds. The number of hydrogen-bond acceptors (Lipinski definition) is 4. The Hall–Kier alpha value is -2.26. The van der Waals surface area contributed by atoms with Crippen LogP contribution >= 0.6 is 0 Å². The first kappa shape index (κ1) is 19.5. The molecule has 2 heterocycles. The van der Waals surface area contributed by atoms with Gasteiger partial charge in [0.05, 0.1) is 17.8 Å². The van der Waals surface area contributed by atoms with E-state index in [2.05, 4.69) is 14.9 Å². The van der Waals surface area contributed by atoms with Crippen LogP contribution in [0.3, 0.4) is 0 Å². The first-order valence-electron chi connectivity index (χ1n) is 8.82. The summed E-state index contributed by atoms with van der Waals surface area (Å²) in [5.41, 5.74) is 1.70. The van der Waals surface area contributed by atoms with Crippen LogP contribution in [0.25, 0.3) is 0 Å². The quantitative estimate of drug-likeness (QED) is 0.807. The molecule has 0 saturated carbocycles. The van der Waals surface area contributed by atoms with Gasteiger partial charge < -0.3 is 4.90 Å². The van der Waals surface area contributed by atoms with E-state index in [0.29, 0.717) is 37.3 Å². The number of sulfonamides is 1. The van der Waals surface area contributed by atoms with Crippen molar-refractivity contribution in [1.29, 1.82) is 0 Å². The standard InChI is InChI=1S/C18H23FN4O3S/c1-12-18(13(2)21-20-12)27(25,26)22-16-7-9-23(10-8-16)17(24)11-14-3-5-15(19)6-4-14/h3-6,16,22H,7-11H2,1-2H3,(H,20,21). The van der Waals surface area contributed by atoms with Gasteiger partial charge in [-0.3, -0.25) is 9.89 Å². The molecule has 3 rings (SSSR count). The summed E-state index contributed by atoms with van der Waals surface area (Å²) in [4.78, 5) is 14.3. The second-order valence-electron chi connectivity index (χ2n) is 6.84. The third-order valence-corrected chi connectivity index (χ3v) is 6.55. The second kappa shape index (κ2) is 7.77. The van der Waals surface area contributed by atoms with E-state index < -0.39 is 10.0 Å². The number of piperidine rings is 1. The summed E-state index contributed by atoms with van der Waals surface area (Å²) in [6, 6.07) is 5.65. The number of halogens is 1. The number of rotatable bonds is 5. The molecule has 0 spiro atoms. The number of nitrogens with zero attached hydrogens (tertiary/aromatic N) is 2. The Morgan fingerprint density at radius 2 is 1.89 bits per heavy atom. The van der Waals surface area contributed by atoms with Crippen LogP contribution in [0.15, 0.2) is 29.2 Å². The lowest BCUT2D eigenvalue weighted by atomic mass is 10.0. The minimum atomic E-state index is -3.65. The molecular formula is C18H23FN4O3S. The highest BCUT2D eigenvalue weighted by molar-refractivity contribution is 7.89. The molecule has 1 saturated heterocycles. The van der Waals surface area contributed by atoms with Crippen LogP contribution in [-0.2, 0) is 21.2 Å². The number of likely N-dealkylation sites (tertiary alicyclic amines) is 1. The van der Waals surface area contributed by atoms with Gasteiger partial charge in [-0.2, -0.15) is 5.10 Å². The van der Waals surface area contributed by atoms with Gasteiger partial charge in [-0.15, -0.1) is 0 Å². The number of carbonyl (C=O) groups is 1. The van der Waals surface area contributed by atoms with Crippen LogP contribution in [0, 0.1) is 19.7 Å². The zero-order valence-corrected chi connectivity index (χ0v) is 16.1. The van der Waals surface area contributed by atoms with Crippen LogP contribution in [0.2, 0.25) is 0 Å². The maximum atomic E-state index is 13.0. The zero-order chi connectivity index (χ0) is 19.6. The highest BCUT2D eigenvalue weighted by Gasteiger charge is 2.29. The molecule has 2 N–H and O–H groups in total. The highest BCUT2D eigenvalue weighted by atomic mass is 32.2. The SMILES string of the molecule is Cc1n[nH]c(C)c1S(=O)(=O)NC1CCN(C(=O)Cc2ccc(F)cc2)CC1. The summed E-state index contributed by atoms with van der Waals surface area (Å²) in [6.45, 7) is 4.28. The Morgan fingerprint density at radius 1 is 1.26 bits per heavy atom. The molecule has 0 radical (unpaired) electrons. The van der Waals surface area contributed by atoms with Gasteiger partial charge in [0, 0.05) is 19.1 Å². The Labute approximate surface area is 158 Å². The van der Waals surface area contributed by atoms with Gasteiger partial charge in [0.25, 0.3) is 0 Å². The number of aromatic nitrogens is 2. The number of amides is 1. The lowest BCUT2D eigenvalue weighted by Crippen LogP contribution is -2.47. The Kier molecular flexibility index (Phi) is 5.61. The molecule has 146 valence electrons. The number of benzene rings is 1. The van der Waals surface area contributed by atoms with E-state index in [9.17, 15) is 17.6 Å². The number of aromatic amines is 1. The second-order valence-corrected chi connectivity index (χ2v) is 8.49. The number of carbonyl (C=O) groups excluding carboxylic acids is 1. The van der Waals surface area contributed by atoms with Crippen molar-refractivity contribution in [2.75, 3.05) is 13.1 Å². The molecule has 2 aromatic rings. The molecule has 0 atom stereocenters. The lowest BCUT2D eigenvalue weighted by molar-refractivity contribution is -0.131. The van der Waals surface area contributed by atoms with Crippen LogP contribution < -0.4 is 4.72 Å². The molecule has 1 aliphatic heterocycles. The molecule has 27 heavy (non-hydrogen) atoms. The zero-order valence-electron chi connectivity index (χ0n) is 15.3. The molecule has 1 fully saturated rings. The van der Waals surface area contributed by atoms with E-state index in [-0.39, 0.29) is 29.1 Å². The van der Waals surface area contributed by atoms with Crippen molar-refractivity contribution in [2.45, 2.75) is 44.0 Å². The fraction of sp³-hybridized carbons (Fsp3) is 0.444. The number of nitrogens with one attached hydrogen (secondary N) is 2. The molecular weight excluding hydrogens is 371 g/mol. The smallest absolute Gasteiger partial charge is 0.244 e. The maximum absolute atomic E-state index is 13.0. The Bertz CT molecular complexity index is 897. The average molecular weight is 394 g/mol. The van der Waals surface area contributed by atoms with Crippen molar-refractivity contribution in [3.8, 4) is 0 Å². The van der Waals surface area contributed by atoms with E-state index in [0.717, 1.165) is 5.56 Å². The minimum Gasteiger partial charge on any atom is -0.342 e. The van der Waals surface area contributed by atoms with Crippen LogP contribution in [0.5, 0.6) is 0 Å². The van der Waals surface area contributed by atoms with Gasteiger partial charge in [0.1, 0.15) is 10.7 Å². The van der Waals surface area contributed by atoms with Gasteiger partial charge in [-0.25, -0.2) is 17.5 Å². The summed E-state index contributed by atoms with van der Waals surface area (Å²) < 4.78 is 40.9. The first-order valence-corrected chi connectivity index (χ1v) is 10.3. The van der Waals surface area contributed by atoms with E-state index in [1.807, 2.05) is 0 Å². The topological polar surface area (TPSA) is 95.2 Å². The molecule has 0 bridgehead atoms. The van der Waals surface area contributed by atoms with Crippen molar-refractivity contribution in [3.05, 3.63) is 47.0 Å². The third-order valence-electron chi connectivity index (χ3n) is 4.77. The van der Waals surface area contributed by atoms with Gasteiger partial charge >= 0.3 is 0 Å². The number of H-pyrrole nitrogens is 1. The van der Waals surface area contributed by atoms with E-state index >= 15 is 0 Å². The van der Waals surface area contributed by atoms with E-state index in [1.54, 1.807) is 30.9 Å². The number of aryl methyl sites for hydroxylation is 2. The fourth-order valence-corrected chi connectivity index (χ4v) is 5.03. The molecule has 7 nitrogen and oxygen atoms in total. The Balaban J connectivity index is 1.55. The molecule has 9 heteroatoms. The summed E-state index contributed by atoms with van der Waals surface area (Å²) in [5.74, 6) is -0.369. The van der Waals surface area contributed by atoms with Gasteiger partial charge in [-0.05, 0) is 44.4 Å². The summed E-state index contributed by atoms with van der Waals surface area (Å²) in [7, 11) is -3.65. The fourth-order valence-electron chi connectivity index (χ4n) is 3.35. The summed E-state index contributed by atoms with van der Waals surface area (Å²) in [5, 5.41) is 6.62. The van der Waals surface area contributed by atoms with Crippen molar-refractivity contribution >= 4 is 15.9 Å². The van der Waals surface area contributed by atoms with Crippen molar-refractivity contribution in [2.24, 2.45) is 0 Å². The predicted octanol–water partition coefficient (Wildman–Crippen LogP) is 1.68.